The molecule has 21 heavy (non-hydrogen) atoms. The number of nitrogens with zero attached hydrogens (tertiary/aromatic N) is 2. The van der Waals surface area contributed by atoms with Crippen LogP contribution in [0.25, 0.3) is 0 Å². The van der Waals surface area contributed by atoms with E-state index in [4.69, 9.17) is 0 Å². The van der Waals surface area contributed by atoms with Crippen LogP contribution in [0.2, 0.25) is 0 Å². The van der Waals surface area contributed by atoms with Gasteiger partial charge in [0.25, 0.3) is 0 Å². The minimum atomic E-state index is -0.283. The molecule has 3 nitrogen and oxygen atoms in total. The van der Waals surface area contributed by atoms with E-state index in [0.29, 0.717) is 12.6 Å². The molecule has 1 aromatic rings. The average molecular weight is 313 g/mol. The van der Waals surface area contributed by atoms with Crippen molar-refractivity contribution in [3.63, 3.8) is 0 Å². The van der Waals surface area contributed by atoms with Crippen LogP contribution >= 0.6 is 11.8 Å². The molecule has 1 N–H and O–H groups in total. The molecule has 0 amide bonds. The van der Waals surface area contributed by atoms with E-state index < -0.39 is 0 Å². The van der Waals surface area contributed by atoms with Crippen LogP contribution in [0.4, 0.5) is 10.2 Å². The van der Waals surface area contributed by atoms with Crippen molar-refractivity contribution in [1.82, 2.24) is 10.3 Å². The zero-order valence-corrected chi connectivity index (χ0v) is 14.9. The highest BCUT2D eigenvalue weighted by molar-refractivity contribution is 7.98. The van der Waals surface area contributed by atoms with Crippen LogP contribution in [0.5, 0.6) is 0 Å². The number of rotatable bonds is 7. The summed E-state index contributed by atoms with van der Waals surface area (Å²) in [6.07, 6.45) is 4.50. The SMILES string of the molecule is CSCCC(C)N(C)c1ncc(F)cc1CNC(C)(C)C. The summed E-state index contributed by atoms with van der Waals surface area (Å²) in [6, 6.07) is 1.96. The van der Waals surface area contributed by atoms with Crippen LogP contribution in [-0.4, -0.2) is 35.6 Å². The quantitative estimate of drug-likeness (QED) is 0.831. The molecule has 1 rings (SSSR count). The van der Waals surface area contributed by atoms with Crippen molar-refractivity contribution in [1.29, 1.82) is 0 Å². The molecule has 1 aromatic heterocycles. The number of anilines is 1. The van der Waals surface area contributed by atoms with Gasteiger partial charge < -0.3 is 10.2 Å². The van der Waals surface area contributed by atoms with Crippen molar-refractivity contribution in [2.24, 2.45) is 0 Å². The predicted molar refractivity (Wildman–Crippen MR) is 91.7 cm³/mol. The average Bonchev–Trinajstić information content (AvgIpc) is 2.41. The topological polar surface area (TPSA) is 28.2 Å². The Hall–Kier alpha value is -0.810. The van der Waals surface area contributed by atoms with Gasteiger partial charge in [-0.15, -0.1) is 0 Å². The van der Waals surface area contributed by atoms with Crippen molar-refractivity contribution < 1.29 is 4.39 Å². The maximum absolute atomic E-state index is 13.5. The number of hydrogen-bond donors (Lipinski definition) is 1. The summed E-state index contributed by atoms with van der Waals surface area (Å²) in [5, 5.41) is 3.41. The summed E-state index contributed by atoms with van der Waals surface area (Å²) in [4.78, 5) is 6.46. The lowest BCUT2D eigenvalue weighted by Crippen LogP contribution is -2.36. The van der Waals surface area contributed by atoms with Crippen LogP contribution in [0, 0.1) is 5.82 Å². The van der Waals surface area contributed by atoms with Gasteiger partial charge in [0.2, 0.25) is 0 Å². The molecule has 0 spiro atoms. The van der Waals surface area contributed by atoms with Crippen LogP contribution < -0.4 is 10.2 Å². The van der Waals surface area contributed by atoms with Crippen LogP contribution in [0.15, 0.2) is 12.3 Å². The lowest BCUT2D eigenvalue weighted by Gasteiger charge is -2.29. The summed E-state index contributed by atoms with van der Waals surface area (Å²) >= 11 is 1.84. The van der Waals surface area contributed by atoms with Crippen LogP contribution in [-0.2, 0) is 6.54 Å². The number of hydrogen-bond acceptors (Lipinski definition) is 4. The number of thioether (sulfide) groups is 1. The smallest absolute Gasteiger partial charge is 0.141 e. The molecule has 0 radical (unpaired) electrons. The van der Waals surface area contributed by atoms with Crippen LogP contribution in [0.1, 0.15) is 39.7 Å². The fourth-order valence-electron chi connectivity index (χ4n) is 1.97. The van der Waals surface area contributed by atoms with E-state index in [0.717, 1.165) is 23.6 Å². The Bertz CT molecular complexity index is 446. The number of aromatic nitrogens is 1. The molecular weight excluding hydrogens is 285 g/mol. The Morgan fingerprint density at radius 3 is 2.67 bits per heavy atom. The molecule has 120 valence electrons. The first kappa shape index (κ1) is 18.2. The van der Waals surface area contributed by atoms with E-state index >= 15 is 0 Å². The Morgan fingerprint density at radius 2 is 2.10 bits per heavy atom. The standard InChI is InChI=1S/C16H28FN3S/c1-12(7-8-21-6)20(5)15-13(9-14(17)11-18-15)10-19-16(2,3)4/h9,11-12,19H,7-8,10H2,1-6H3. The molecule has 1 heterocycles. The van der Waals surface area contributed by atoms with Crippen molar-refractivity contribution in [3.05, 3.63) is 23.6 Å². The maximum atomic E-state index is 13.5. The van der Waals surface area contributed by atoms with Gasteiger partial charge in [0.15, 0.2) is 0 Å². The van der Waals surface area contributed by atoms with Gasteiger partial charge in [-0.25, -0.2) is 9.37 Å². The summed E-state index contributed by atoms with van der Waals surface area (Å²) in [5.74, 6) is 1.69. The van der Waals surface area contributed by atoms with E-state index in [1.165, 1.54) is 6.20 Å². The van der Waals surface area contributed by atoms with Gasteiger partial charge in [-0.05, 0) is 52.2 Å². The second-order valence-corrected chi connectivity index (χ2v) is 7.47. The normalized spacial score (nSPS) is 13.3. The highest BCUT2D eigenvalue weighted by atomic mass is 32.2. The molecule has 0 aliphatic rings. The van der Waals surface area contributed by atoms with Gasteiger partial charge in [-0.3, -0.25) is 0 Å². The molecule has 0 aliphatic carbocycles. The van der Waals surface area contributed by atoms with E-state index in [-0.39, 0.29) is 11.4 Å². The summed E-state index contributed by atoms with van der Waals surface area (Å²) in [7, 11) is 2.03. The number of nitrogens with one attached hydrogen (secondary N) is 1. The molecule has 5 heteroatoms. The van der Waals surface area contributed by atoms with E-state index in [1.54, 1.807) is 6.07 Å². The fraction of sp³-hybridized carbons (Fsp3) is 0.688. The fourth-order valence-corrected chi connectivity index (χ4v) is 2.55. The second kappa shape index (κ2) is 7.99. The van der Waals surface area contributed by atoms with Gasteiger partial charge in [-0.2, -0.15) is 11.8 Å². The van der Waals surface area contributed by atoms with Crippen molar-refractivity contribution in [2.75, 3.05) is 24.0 Å². The van der Waals surface area contributed by atoms with Crippen molar-refractivity contribution in [3.8, 4) is 0 Å². The maximum Gasteiger partial charge on any atom is 0.141 e. The van der Waals surface area contributed by atoms with E-state index in [1.807, 2.05) is 18.8 Å². The van der Waals surface area contributed by atoms with Gasteiger partial charge in [0.05, 0.1) is 6.20 Å². The zero-order chi connectivity index (χ0) is 16.0. The molecule has 0 bridgehead atoms. The Labute approximate surface area is 132 Å². The molecule has 0 aliphatic heterocycles. The van der Waals surface area contributed by atoms with Gasteiger partial charge in [0, 0.05) is 30.7 Å². The van der Waals surface area contributed by atoms with Crippen LogP contribution in [0.3, 0.4) is 0 Å². The van der Waals surface area contributed by atoms with E-state index in [2.05, 4.69) is 49.2 Å². The van der Waals surface area contributed by atoms with E-state index in [9.17, 15) is 4.39 Å². The monoisotopic (exact) mass is 313 g/mol. The van der Waals surface area contributed by atoms with Crippen molar-refractivity contribution in [2.45, 2.75) is 52.2 Å². The lowest BCUT2D eigenvalue weighted by atomic mass is 10.1. The third-order valence-corrected chi connectivity index (χ3v) is 4.10. The molecule has 0 aromatic carbocycles. The number of pyridine rings is 1. The van der Waals surface area contributed by atoms with Gasteiger partial charge >= 0.3 is 0 Å². The second-order valence-electron chi connectivity index (χ2n) is 6.48. The first-order valence-corrected chi connectivity index (χ1v) is 8.75. The van der Waals surface area contributed by atoms with Gasteiger partial charge in [-0.1, -0.05) is 0 Å². The number of halogens is 1. The minimum Gasteiger partial charge on any atom is -0.357 e. The summed E-state index contributed by atoms with van der Waals surface area (Å²) in [6.45, 7) is 9.10. The Morgan fingerprint density at radius 1 is 1.43 bits per heavy atom. The zero-order valence-electron chi connectivity index (χ0n) is 14.0. The predicted octanol–water partition coefficient (Wildman–Crippen LogP) is 3.69. The largest absolute Gasteiger partial charge is 0.357 e. The highest BCUT2D eigenvalue weighted by Gasteiger charge is 2.17. The summed E-state index contributed by atoms with van der Waals surface area (Å²) in [5.41, 5.74) is 0.899. The lowest BCUT2D eigenvalue weighted by molar-refractivity contribution is 0.423. The first-order chi connectivity index (χ1) is 9.74. The molecule has 0 saturated carbocycles. The first-order valence-electron chi connectivity index (χ1n) is 7.36. The molecular formula is C16H28FN3S. The third kappa shape index (κ3) is 6.22. The third-order valence-electron chi connectivity index (χ3n) is 3.45. The highest BCUT2D eigenvalue weighted by Crippen LogP contribution is 2.21. The minimum absolute atomic E-state index is 0.00732. The molecule has 1 atom stereocenters. The Kier molecular flexibility index (Phi) is 6.94. The molecule has 0 fully saturated rings. The van der Waals surface area contributed by atoms with Crippen molar-refractivity contribution >= 4 is 17.6 Å². The van der Waals surface area contributed by atoms with Gasteiger partial charge in [0.1, 0.15) is 11.6 Å². The Balaban J connectivity index is 2.89. The molecule has 0 saturated heterocycles. The molecule has 1 unspecified atom stereocenters. The summed E-state index contributed by atoms with van der Waals surface area (Å²) < 4.78 is 13.5.